The molecule has 1 heterocycles. The van der Waals surface area contributed by atoms with Crippen LogP contribution in [0.3, 0.4) is 0 Å². The first-order chi connectivity index (χ1) is 7.75. The highest BCUT2D eigenvalue weighted by atomic mass is 79.9. The Kier molecular flexibility index (Phi) is 3.96. The first-order valence-corrected chi connectivity index (χ1v) is 6.32. The predicted molar refractivity (Wildman–Crippen MR) is 70.4 cm³/mol. The quantitative estimate of drug-likeness (QED) is 0.780. The van der Waals surface area contributed by atoms with Gasteiger partial charge >= 0.3 is 0 Å². The molecule has 0 saturated carbocycles. The molecule has 1 aromatic heterocycles. The zero-order valence-corrected chi connectivity index (χ0v) is 11.5. The number of halogens is 2. The van der Waals surface area contributed by atoms with Gasteiger partial charge in [-0.15, -0.1) is 0 Å². The van der Waals surface area contributed by atoms with Crippen LogP contribution in [0.25, 0.3) is 0 Å². The summed E-state index contributed by atoms with van der Waals surface area (Å²) in [6.45, 7) is 0.531. The second-order valence-electron chi connectivity index (χ2n) is 3.21. The van der Waals surface area contributed by atoms with Crippen molar-refractivity contribution in [1.29, 1.82) is 0 Å². The highest BCUT2D eigenvalue weighted by Crippen LogP contribution is 2.22. The van der Waals surface area contributed by atoms with E-state index in [1.807, 2.05) is 36.4 Å². The summed E-state index contributed by atoms with van der Waals surface area (Å²) in [5.74, 6) is 0.752. The average Bonchev–Trinajstić information content (AvgIpc) is 2.28. The van der Waals surface area contributed by atoms with Crippen molar-refractivity contribution in [3.63, 3.8) is 0 Å². The van der Waals surface area contributed by atoms with Gasteiger partial charge in [0.25, 0.3) is 0 Å². The molecule has 82 valence electrons. The second kappa shape index (κ2) is 5.46. The third-order valence-electron chi connectivity index (χ3n) is 2.01. The lowest BCUT2D eigenvalue weighted by Gasteiger charge is -2.07. The molecule has 0 aliphatic heterocycles. The lowest BCUT2D eigenvalue weighted by Crippen LogP contribution is -1.96. The number of aromatic nitrogens is 1. The number of rotatable bonds is 3. The standard InChI is InChI=1S/C12H9Br2NO/c13-10-4-1-3-9(7-10)8-16-11-5-2-6-15-12(11)14/h1-7H,8H2. The van der Waals surface area contributed by atoms with E-state index < -0.39 is 0 Å². The van der Waals surface area contributed by atoms with Gasteiger partial charge in [0.05, 0.1) is 0 Å². The molecule has 0 aliphatic rings. The van der Waals surface area contributed by atoms with E-state index in [0.29, 0.717) is 6.61 Å². The Morgan fingerprint density at radius 2 is 2.00 bits per heavy atom. The molecule has 0 amide bonds. The van der Waals surface area contributed by atoms with Gasteiger partial charge in [0.2, 0.25) is 0 Å². The first-order valence-electron chi connectivity index (χ1n) is 4.73. The maximum Gasteiger partial charge on any atom is 0.152 e. The molecule has 16 heavy (non-hydrogen) atoms. The van der Waals surface area contributed by atoms with Crippen molar-refractivity contribution in [3.8, 4) is 5.75 Å². The smallest absolute Gasteiger partial charge is 0.152 e. The molecule has 4 heteroatoms. The van der Waals surface area contributed by atoms with E-state index >= 15 is 0 Å². The van der Waals surface area contributed by atoms with Crippen LogP contribution in [-0.2, 0) is 6.61 Å². The van der Waals surface area contributed by atoms with Gasteiger partial charge < -0.3 is 4.74 Å². The Balaban J connectivity index is 2.05. The number of hydrogen-bond acceptors (Lipinski definition) is 2. The van der Waals surface area contributed by atoms with Crippen LogP contribution < -0.4 is 4.74 Å². The zero-order valence-electron chi connectivity index (χ0n) is 8.36. The lowest BCUT2D eigenvalue weighted by atomic mass is 10.2. The molecule has 2 rings (SSSR count). The Bertz CT molecular complexity index is 488. The van der Waals surface area contributed by atoms with Crippen molar-refractivity contribution in [2.75, 3.05) is 0 Å². The molecule has 2 aromatic rings. The van der Waals surface area contributed by atoms with E-state index in [0.717, 1.165) is 20.4 Å². The van der Waals surface area contributed by atoms with E-state index in [4.69, 9.17) is 4.74 Å². The maximum atomic E-state index is 5.65. The van der Waals surface area contributed by atoms with Crippen LogP contribution in [-0.4, -0.2) is 4.98 Å². The van der Waals surface area contributed by atoms with E-state index in [-0.39, 0.29) is 0 Å². The molecule has 2 nitrogen and oxygen atoms in total. The highest BCUT2D eigenvalue weighted by molar-refractivity contribution is 9.10. The number of benzene rings is 1. The van der Waals surface area contributed by atoms with Crippen LogP contribution >= 0.6 is 31.9 Å². The Labute approximate surface area is 111 Å². The van der Waals surface area contributed by atoms with Gasteiger partial charge in [0.1, 0.15) is 11.2 Å². The molecule has 0 radical (unpaired) electrons. The van der Waals surface area contributed by atoms with E-state index in [9.17, 15) is 0 Å². The van der Waals surface area contributed by atoms with Crippen LogP contribution in [0.4, 0.5) is 0 Å². The minimum atomic E-state index is 0.531. The van der Waals surface area contributed by atoms with E-state index in [1.165, 1.54) is 0 Å². The molecular formula is C12H9Br2NO. The number of hydrogen-bond donors (Lipinski definition) is 0. The normalized spacial score (nSPS) is 10.1. The number of ether oxygens (including phenoxy) is 1. The van der Waals surface area contributed by atoms with Crippen molar-refractivity contribution in [2.45, 2.75) is 6.61 Å². The van der Waals surface area contributed by atoms with Crippen LogP contribution in [0.5, 0.6) is 5.75 Å². The zero-order chi connectivity index (χ0) is 11.4. The summed E-state index contributed by atoms with van der Waals surface area (Å²) >= 11 is 6.76. The summed E-state index contributed by atoms with van der Waals surface area (Å²) in [4.78, 5) is 4.09. The fourth-order valence-electron chi connectivity index (χ4n) is 1.27. The number of pyridine rings is 1. The summed E-state index contributed by atoms with van der Waals surface area (Å²) in [6.07, 6.45) is 1.72. The Morgan fingerprint density at radius 3 is 2.75 bits per heavy atom. The summed E-state index contributed by atoms with van der Waals surface area (Å²) in [5.41, 5.74) is 1.12. The van der Waals surface area contributed by atoms with Crippen LogP contribution in [0.2, 0.25) is 0 Å². The first kappa shape index (κ1) is 11.6. The average molecular weight is 343 g/mol. The van der Waals surface area contributed by atoms with Gasteiger partial charge in [-0.3, -0.25) is 0 Å². The topological polar surface area (TPSA) is 22.1 Å². The molecular weight excluding hydrogens is 334 g/mol. The third-order valence-corrected chi connectivity index (χ3v) is 3.10. The van der Waals surface area contributed by atoms with Gasteiger partial charge in [-0.1, -0.05) is 28.1 Å². The largest absolute Gasteiger partial charge is 0.486 e. The third kappa shape index (κ3) is 3.06. The summed E-state index contributed by atoms with van der Waals surface area (Å²) < 4.78 is 7.43. The second-order valence-corrected chi connectivity index (χ2v) is 4.88. The monoisotopic (exact) mass is 341 g/mol. The van der Waals surface area contributed by atoms with Crippen LogP contribution in [0.1, 0.15) is 5.56 Å². The van der Waals surface area contributed by atoms with E-state index in [1.54, 1.807) is 6.20 Å². The summed E-state index contributed by atoms with van der Waals surface area (Å²) in [5, 5.41) is 0. The molecule has 0 saturated heterocycles. The Hall–Kier alpha value is -0.870. The number of nitrogens with zero attached hydrogens (tertiary/aromatic N) is 1. The summed E-state index contributed by atoms with van der Waals surface area (Å²) in [6, 6.07) is 11.8. The van der Waals surface area contributed by atoms with Gasteiger partial charge in [-0.25, -0.2) is 4.98 Å². The molecule has 0 bridgehead atoms. The van der Waals surface area contributed by atoms with Crippen molar-refractivity contribution in [3.05, 3.63) is 57.2 Å². The summed E-state index contributed by atoms with van der Waals surface area (Å²) in [7, 11) is 0. The minimum absolute atomic E-state index is 0.531. The van der Waals surface area contributed by atoms with Gasteiger partial charge in [0.15, 0.2) is 5.75 Å². The van der Waals surface area contributed by atoms with Gasteiger partial charge in [-0.2, -0.15) is 0 Å². The van der Waals surface area contributed by atoms with Crippen LogP contribution in [0, 0.1) is 0 Å². The fraction of sp³-hybridized carbons (Fsp3) is 0.0833. The molecule has 0 N–H and O–H groups in total. The molecule has 0 unspecified atom stereocenters. The van der Waals surface area contributed by atoms with Gasteiger partial charge in [-0.05, 0) is 45.8 Å². The van der Waals surface area contributed by atoms with Crippen LogP contribution in [0.15, 0.2) is 51.7 Å². The van der Waals surface area contributed by atoms with Crippen molar-refractivity contribution in [2.24, 2.45) is 0 Å². The fourth-order valence-corrected chi connectivity index (χ4v) is 2.08. The maximum absolute atomic E-state index is 5.65. The minimum Gasteiger partial charge on any atom is -0.486 e. The molecule has 1 aromatic carbocycles. The van der Waals surface area contributed by atoms with Gasteiger partial charge in [0, 0.05) is 10.7 Å². The molecule has 0 spiro atoms. The Morgan fingerprint density at radius 1 is 1.12 bits per heavy atom. The highest BCUT2D eigenvalue weighted by Gasteiger charge is 2.01. The molecule has 0 atom stereocenters. The van der Waals surface area contributed by atoms with Crippen molar-refractivity contribution < 1.29 is 4.74 Å². The van der Waals surface area contributed by atoms with Crippen molar-refractivity contribution >= 4 is 31.9 Å². The van der Waals surface area contributed by atoms with Crippen molar-refractivity contribution in [1.82, 2.24) is 4.98 Å². The lowest BCUT2D eigenvalue weighted by molar-refractivity contribution is 0.302. The predicted octanol–water partition coefficient (Wildman–Crippen LogP) is 4.19. The molecule has 0 fully saturated rings. The van der Waals surface area contributed by atoms with E-state index in [2.05, 4.69) is 36.8 Å². The molecule has 0 aliphatic carbocycles. The SMILES string of the molecule is Brc1cccc(COc2cccnc2Br)c1.